The number of carboxylic acids is 1. The maximum Gasteiger partial charge on any atom is 0.303 e. The van der Waals surface area contributed by atoms with Crippen molar-refractivity contribution in [2.75, 3.05) is 11.1 Å². The van der Waals surface area contributed by atoms with E-state index in [1.54, 1.807) is 38.1 Å². The van der Waals surface area contributed by atoms with Gasteiger partial charge in [0.15, 0.2) is 16.9 Å². The fourth-order valence-corrected chi connectivity index (χ4v) is 3.19. The standard InChI is InChI=1S/C22H25N7O5/c1-11(2)18(32)15(7-8-16(30)31)27-20(33)12-3-5-13(6-4-12)24-9-14-10-25-19-17(26-14)21(34)29-22(23)28-19/h3-6,10-11,15,24H,7-9H2,1-2H3,(H,27,33)(H,30,31)(H3,23,25,28,29,34). The Morgan fingerprint density at radius 2 is 1.85 bits per heavy atom. The molecule has 1 amide bonds. The minimum atomic E-state index is -1.03. The van der Waals surface area contributed by atoms with E-state index in [0.29, 0.717) is 16.9 Å². The first-order valence-corrected chi connectivity index (χ1v) is 10.6. The summed E-state index contributed by atoms with van der Waals surface area (Å²) in [6.07, 6.45) is 1.30. The second kappa shape index (κ2) is 10.5. The number of carbonyl (C=O) groups excluding carboxylic acids is 2. The zero-order valence-electron chi connectivity index (χ0n) is 18.7. The monoisotopic (exact) mass is 467 g/mol. The van der Waals surface area contributed by atoms with Crippen molar-refractivity contribution in [3.8, 4) is 0 Å². The fraction of sp³-hybridized carbons (Fsp3) is 0.318. The molecule has 1 atom stereocenters. The van der Waals surface area contributed by atoms with Gasteiger partial charge in [0, 0.05) is 23.6 Å². The van der Waals surface area contributed by atoms with Crippen molar-refractivity contribution in [3.63, 3.8) is 0 Å². The van der Waals surface area contributed by atoms with E-state index in [1.807, 2.05) is 0 Å². The number of anilines is 2. The molecule has 3 aromatic rings. The van der Waals surface area contributed by atoms with Crippen LogP contribution in [0.1, 0.15) is 42.7 Å². The van der Waals surface area contributed by atoms with E-state index in [9.17, 15) is 19.2 Å². The highest BCUT2D eigenvalue weighted by Crippen LogP contribution is 2.13. The third kappa shape index (κ3) is 6.12. The summed E-state index contributed by atoms with van der Waals surface area (Å²) in [5.74, 6) is -2.10. The fourth-order valence-electron chi connectivity index (χ4n) is 3.19. The summed E-state index contributed by atoms with van der Waals surface area (Å²) < 4.78 is 0. The first kappa shape index (κ1) is 24.3. The lowest BCUT2D eigenvalue weighted by Gasteiger charge is -2.19. The van der Waals surface area contributed by atoms with E-state index < -0.39 is 23.5 Å². The van der Waals surface area contributed by atoms with E-state index in [4.69, 9.17) is 10.8 Å². The van der Waals surface area contributed by atoms with E-state index in [0.717, 1.165) is 0 Å². The number of Topliss-reactive ketones (excluding diaryl/α,β-unsaturated/α-hetero) is 1. The van der Waals surface area contributed by atoms with Crippen molar-refractivity contribution in [2.24, 2.45) is 5.92 Å². The van der Waals surface area contributed by atoms with Gasteiger partial charge in [-0.1, -0.05) is 13.8 Å². The van der Waals surface area contributed by atoms with Gasteiger partial charge >= 0.3 is 11.5 Å². The van der Waals surface area contributed by atoms with Crippen LogP contribution in [-0.2, 0) is 16.1 Å². The Morgan fingerprint density at radius 3 is 2.50 bits per heavy atom. The number of fused-ring (bicyclic) bond motifs is 1. The van der Waals surface area contributed by atoms with E-state index in [2.05, 4.69) is 30.6 Å². The molecule has 0 aliphatic carbocycles. The van der Waals surface area contributed by atoms with Crippen LogP contribution in [0.25, 0.3) is 11.2 Å². The van der Waals surface area contributed by atoms with Crippen molar-refractivity contribution in [3.05, 3.63) is 52.1 Å². The molecule has 0 fully saturated rings. The Kier molecular flexibility index (Phi) is 7.51. The molecular formula is C22H25N7O5. The number of carbonyl (C=O) groups is 3. The lowest BCUT2D eigenvalue weighted by atomic mass is 9.97. The summed E-state index contributed by atoms with van der Waals surface area (Å²) in [6, 6.07) is 5.63. The summed E-state index contributed by atoms with van der Waals surface area (Å²) in [7, 11) is 0. The van der Waals surface area contributed by atoms with Crippen LogP contribution in [0, 0.1) is 5.92 Å². The molecular weight excluding hydrogens is 442 g/mol. The smallest absolute Gasteiger partial charge is 0.303 e. The van der Waals surface area contributed by atoms with Gasteiger partial charge in [0.05, 0.1) is 24.5 Å². The molecule has 1 aromatic carbocycles. The first-order valence-electron chi connectivity index (χ1n) is 10.6. The number of hydrogen-bond acceptors (Lipinski definition) is 9. The van der Waals surface area contributed by atoms with Gasteiger partial charge in [-0.25, -0.2) is 9.97 Å². The second-order valence-corrected chi connectivity index (χ2v) is 7.93. The highest BCUT2D eigenvalue weighted by molar-refractivity contribution is 5.98. The molecule has 0 spiro atoms. The average Bonchev–Trinajstić information content (AvgIpc) is 2.80. The molecule has 178 valence electrons. The second-order valence-electron chi connectivity index (χ2n) is 7.93. The third-order valence-corrected chi connectivity index (χ3v) is 4.98. The molecule has 3 rings (SSSR count). The number of nitrogens with one attached hydrogen (secondary N) is 3. The van der Waals surface area contributed by atoms with Gasteiger partial charge in [-0.15, -0.1) is 0 Å². The molecule has 1 unspecified atom stereocenters. The van der Waals surface area contributed by atoms with E-state index in [-0.39, 0.29) is 48.2 Å². The summed E-state index contributed by atoms with van der Waals surface area (Å²) in [5.41, 5.74) is 6.75. The highest BCUT2D eigenvalue weighted by atomic mass is 16.4. The number of carboxylic acid groups (broad SMARTS) is 1. The van der Waals surface area contributed by atoms with Crippen LogP contribution in [-0.4, -0.2) is 48.7 Å². The molecule has 6 N–H and O–H groups in total. The lowest BCUT2D eigenvalue weighted by molar-refractivity contribution is -0.137. The van der Waals surface area contributed by atoms with E-state index >= 15 is 0 Å². The number of H-pyrrole nitrogens is 1. The Hall–Kier alpha value is -4.35. The molecule has 0 bridgehead atoms. The molecule has 0 aliphatic heterocycles. The molecule has 0 aliphatic rings. The minimum absolute atomic E-state index is 0.0233. The predicted molar refractivity (Wildman–Crippen MR) is 124 cm³/mol. The molecule has 12 nitrogen and oxygen atoms in total. The van der Waals surface area contributed by atoms with Crippen LogP contribution >= 0.6 is 0 Å². The highest BCUT2D eigenvalue weighted by Gasteiger charge is 2.24. The zero-order valence-corrected chi connectivity index (χ0v) is 18.7. The number of nitrogens with zero attached hydrogens (tertiary/aromatic N) is 3. The normalized spacial score (nSPS) is 11.9. The van der Waals surface area contributed by atoms with Gasteiger partial charge in [-0.05, 0) is 30.7 Å². The molecule has 0 saturated carbocycles. The maximum absolute atomic E-state index is 12.6. The van der Waals surface area contributed by atoms with Crippen molar-refractivity contribution in [1.29, 1.82) is 0 Å². The summed E-state index contributed by atoms with van der Waals surface area (Å²) >= 11 is 0. The Bertz CT molecular complexity index is 1270. The summed E-state index contributed by atoms with van der Waals surface area (Å²) in [4.78, 5) is 62.4. The number of aliphatic carboxylic acids is 1. The largest absolute Gasteiger partial charge is 0.481 e. The van der Waals surface area contributed by atoms with Crippen LogP contribution in [0.4, 0.5) is 11.6 Å². The average molecular weight is 467 g/mol. The molecule has 12 heteroatoms. The quantitative estimate of drug-likeness (QED) is 0.288. The summed E-state index contributed by atoms with van der Waals surface area (Å²) in [5, 5.41) is 14.7. The van der Waals surface area contributed by atoms with Crippen LogP contribution in [0.15, 0.2) is 35.3 Å². The van der Waals surface area contributed by atoms with Gasteiger partial charge < -0.3 is 26.5 Å². The number of rotatable bonds is 10. The summed E-state index contributed by atoms with van der Waals surface area (Å²) in [6.45, 7) is 3.66. The molecule has 2 aromatic heterocycles. The number of aromatic amines is 1. The van der Waals surface area contributed by atoms with Crippen molar-refractivity contribution >= 4 is 40.5 Å². The molecule has 2 heterocycles. The third-order valence-electron chi connectivity index (χ3n) is 4.98. The molecule has 0 saturated heterocycles. The SMILES string of the molecule is CC(C)C(=O)C(CCC(=O)O)NC(=O)c1ccc(NCc2cnc3[nH]c(N)nc(=O)c3n2)cc1. The minimum Gasteiger partial charge on any atom is -0.481 e. The van der Waals surface area contributed by atoms with Crippen molar-refractivity contribution in [2.45, 2.75) is 39.3 Å². The number of hydrogen-bond donors (Lipinski definition) is 5. The van der Waals surface area contributed by atoms with E-state index in [1.165, 1.54) is 6.20 Å². The number of nitrogens with two attached hydrogens (primary N) is 1. The first-order chi connectivity index (χ1) is 16.1. The number of ketones is 1. The maximum atomic E-state index is 12.6. The van der Waals surface area contributed by atoms with Gasteiger partial charge in [0.25, 0.3) is 5.91 Å². The van der Waals surface area contributed by atoms with Crippen molar-refractivity contribution in [1.82, 2.24) is 25.3 Å². The molecule has 34 heavy (non-hydrogen) atoms. The Labute approximate surface area is 194 Å². The van der Waals surface area contributed by atoms with Crippen LogP contribution in [0.5, 0.6) is 0 Å². The number of aromatic nitrogens is 4. The number of nitrogen functional groups attached to an aromatic ring is 1. The van der Waals surface area contributed by atoms with Gasteiger partial charge in [0.2, 0.25) is 5.95 Å². The number of benzene rings is 1. The number of amides is 1. The molecule has 0 radical (unpaired) electrons. The van der Waals surface area contributed by atoms with Crippen LogP contribution < -0.4 is 21.9 Å². The van der Waals surface area contributed by atoms with Gasteiger partial charge in [-0.2, -0.15) is 4.98 Å². The van der Waals surface area contributed by atoms with Gasteiger partial charge in [0.1, 0.15) is 0 Å². The Morgan fingerprint density at radius 1 is 1.15 bits per heavy atom. The predicted octanol–water partition coefficient (Wildman–Crippen LogP) is 1.10. The zero-order chi connectivity index (χ0) is 24.8. The Balaban J connectivity index is 1.64. The van der Waals surface area contributed by atoms with Gasteiger partial charge in [-0.3, -0.25) is 19.2 Å². The van der Waals surface area contributed by atoms with Crippen molar-refractivity contribution < 1.29 is 19.5 Å². The lowest BCUT2D eigenvalue weighted by Crippen LogP contribution is -2.43. The van der Waals surface area contributed by atoms with Crippen LogP contribution in [0.3, 0.4) is 0 Å². The topological polar surface area (TPSA) is 193 Å². The van der Waals surface area contributed by atoms with Crippen LogP contribution in [0.2, 0.25) is 0 Å².